The van der Waals surface area contributed by atoms with E-state index >= 15 is 0 Å². The predicted octanol–water partition coefficient (Wildman–Crippen LogP) is 6.30. The Kier molecular flexibility index (Phi) is 8.54. The van der Waals surface area contributed by atoms with Crippen molar-refractivity contribution in [2.45, 2.75) is 40.7 Å². The average molecular weight is 410 g/mol. The second-order valence-corrected chi connectivity index (χ2v) is 7.10. The number of carbonyl (C=O) groups excluding carboxylic acids is 1. The summed E-state index contributed by atoms with van der Waals surface area (Å²) in [5.41, 5.74) is 4.22. The van der Waals surface area contributed by atoms with Gasteiger partial charge in [-0.1, -0.05) is 24.3 Å². The summed E-state index contributed by atoms with van der Waals surface area (Å²) in [7, 11) is 0. The Balaban J connectivity index is 2.13. The third-order valence-electron chi connectivity index (χ3n) is 4.25. The summed E-state index contributed by atoms with van der Waals surface area (Å²) >= 11 is 0. The van der Waals surface area contributed by atoms with Crippen LogP contribution in [0, 0.1) is 5.82 Å². The van der Waals surface area contributed by atoms with Crippen molar-refractivity contribution in [2.75, 3.05) is 6.61 Å². The second kappa shape index (κ2) is 11.1. The number of hydrogen-bond donors (Lipinski definition) is 0. The van der Waals surface area contributed by atoms with Gasteiger partial charge in [-0.25, -0.2) is 9.18 Å². The normalized spacial score (nSPS) is 12.8. The first-order chi connectivity index (χ1) is 14.3. The van der Waals surface area contributed by atoms with Gasteiger partial charge < -0.3 is 9.47 Å². The maximum Gasteiger partial charge on any atom is 0.344 e. The molecular weight excluding hydrogens is 381 g/mol. The van der Waals surface area contributed by atoms with E-state index in [1.165, 1.54) is 12.1 Å². The number of benzene rings is 2. The molecule has 2 aromatic carbocycles. The van der Waals surface area contributed by atoms with E-state index in [0.29, 0.717) is 11.4 Å². The van der Waals surface area contributed by atoms with Crippen LogP contribution in [-0.2, 0) is 9.53 Å². The Bertz CT molecular complexity index is 974. The molecule has 0 amide bonds. The van der Waals surface area contributed by atoms with E-state index in [9.17, 15) is 9.18 Å². The number of ether oxygens (including phenoxy) is 2. The third-order valence-corrected chi connectivity index (χ3v) is 4.25. The van der Waals surface area contributed by atoms with Crippen LogP contribution in [0.5, 0.6) is 5.75 Å². The van der Waals surface area contributed by atoms with Gasteiger partial charge in [0, 0.05) is 11.8 Å². The molecule has 0 fully saturated rings. The van der Waals surface area contributed by atoms with Gasteiger partial charge >= 0.3 is 5.97 Å². The minimum atomic E-state index is -0.412. The Hall–Kier alpha value is -3.21. The lowest BCUT2D eigenvalue weighted by Crippen LogP contribution is -2.18. The Morgan fingerprint density at radius 2 is 1.87 bits per heavy atom. The molecular formula is C25H28FNO3. The Morgan fingerprint density at radius 3 is 2.53 bits per heavy atom. The van der Waals surface area contributed by atoms with E-state index in [4.69, 9.17) is 9.47 Å². The van der Waals surface area contributed by atoms with Crippen LogP contribution < -0.4 is 4.74 Å². The average Bonchev–Trinajstić information content (AvgIpc) is 2.70. The molecule has 0 spiro atoms. The molecule has 0 aliphatic heterocycles. The van der Waals surface area contributed by atoms with Crippen molar-refractivity contribution in [3.63, 3.8) is 0 Å². The van der Waals surface area contributed by atoms with Crippen LogP contribution in [-0.4, -0.2) is 24.4 Å². The molecule has 0 saturated heterocycles. The molecule has 0 atom stereocenters. The van der Waals surface area contributed by atoms with Gasteiger partial charge in [0.25, 0.3) is 0 Å². The van der Waals surface area contributed by atoms with Gasteiger partial charge in [0.15, 0.2) is 6.61 Å². The van der Waals surface area contributed by atoms with Gasteiger partial charge in [0.1, 0.15) is 11.6 Å². The van der Waals surface area contributed by atoms with Crippen molar-refractivity contribution in [2.24, 2.45) is 4.99 Å². The zero-order valence-electron chi connectivity index (χ0n) is 18.1. The van der Waals surface area contributed by atoms with Gasteiger partial charge in [0.05, 0.1) is 11.8 Å². The number of rotatable bonds is 8. The van der Waals surface area contributed by atoms with Gasteiger partial charge in [0.2, 0.25) is 0 Å². The largest absolute Gasteiger partial charge is 0.482 e. The highest BCUT2D eigenvalue weighted by molar-refractivity contribution is 6.01. The first-order valence-corrected chi connectivity index (χ1v) is 9.87. The monoisotopic (exact) mass is 409 g/mol. The summed E-state index contributed by atoms with van der Waals surface area (Å²) in [5.74, 6) is -0.136. The highest BCUT2D eigenvalue weighted by atomic mass is 19.1. The molecule has 0 aromatic heterocycles. The summed E-state index contributed by atoms with van der Waals surface area (Å²) in [6.45, 7) is 9.23. The summed E-state index contributed by atoms with van der Waals surface area (Å²) in [6, 6.07) is 13.7. The maximum absolute atomic E-state index is 13.5. The van der Waals surface area contributed by atoms with Crippen LogP contribution in [0.3, 0.4) is 0 Å². The van der Waals surface area contributed by atoms with Crippen molar-refractivity contribution in [3.8, 4) is 5.75 Å². The van der Waals surface area contributed by atoms with Gasteiger partial charge in [-0.15, -0.1) is 0 Å². The van der Waals surface area contributed by atoms with Crippen LogP contribution in [0.1, 0.15) is 40.2 Å². The molecule has 0 bridgehead atoms. The lowest BCUT2D eigenvalue weighted by atomic mass is 10.0. The minimum absolute atomic E-state index is 0.151. The topological polar surface area (TPSA) is 47.9 Å². The van der Waals surface area contributed by atoms with Gasteiger partial charge in [-0.05, 0) is 81.7 Å². The smallest absolute Gasteiger partial charge is 0.344 e. The SMILES string of the molecule is CC=C(C=C(C)C(C)=Nc1cccc(OCC(=O)OC(C)C)c1)c1cccc(F)c1. The number of carbonyl (C=O) groups is 1. The van der Waals surface area contributed by atoms with Crippen molar-refractivity contribution in [1.82, 2.24) is 0 Å². The van der Waals surface area contributed by atoms with Crippen LogP contribution in [0.2, 0.25) is 0 Å². The van der Waals surface area contributed by atoms with E-state index in [2.05, 4.69) is 4.99 Å². The zero-order chi connectivity index (χ0) is 22.1. The summed E-state index contributed by atoms with van der Waals surface area (Å²) in [5, 5.41) is 0. The highest BCUT2D eigenvalue weighted by Gasteiger charge is 2.07. The summed E-state index contributed by atoms with van der Waals surface area (Å²) in [6.07, 6.45) is 3.75. The Labute approximate surface area is 177 Å². The standard InChI is InChI=1S/C25H28FNO3/c1-6-20(21-9-7-10-22(26)14-21)13-18(4)19(5)27-23-11-8-12-24(15-23)29-16-25(28)30-17(2)3/h6-15,17H,16H2,1-5H3. The number of esters is 1. The molecule has 0 aliphatic carbocycles. The molecule has 5 heteroatoms. The fourth-order valence-electron chi connectivity index (χ4n) is 2.70. The quantitative estimate of drug-likeness (QED) is 0.292. The number of allylic oxidation sites excluding steroid dienone is 4. The maximum atomic E-state index is 13.5. The van der Waals surface area contributed by atoms with Crippen molar-refractivity contribution < 1.29 is 18.7 Å². The Morgan fingerprint density at radius 1 is 1.13 bits per heavy atom. The highest BCUT2D eigenvalue weighted by Crippen LogP contribution is 2.23. The van der Waals surface area contributed by atoms with Gasteiger partial charge in [-0.3, -0.25) is 4.99 Å². The zero-order valence-corrected chi connectivity index (χ0v) is 18.1. The van der Waals surface area contributed by atoms with Crippen molar-refractivity contribution >= 4 is 22.9 Å². The third kappa shape index (κ3) is 7.32. The first kappa shape index (κ1) is 23.1. The number of aliphatic imine (C=N–C) groups is 1. The van der Waals surface area contributed by atoms with Gasteiger partial charge in [-0.2, -0.15) is 0 Å². The molecule has 158 valence electrons. The fourth-order valence-corrected chi connectivity index (χ4v) is 2.70. The minimum Gasteiger partial charge on any atom is -0.482 e. The van der Waals surface area contributed by atoms with Crippen molar-refractivity contribution in [1.29, 1.82) is 0 Å². The van der Waals surface area contributed by atoms with Crippen LogP contribution in [0.25, 0.3) is 5.57 Å². The number of halogens is 1. The first-order valence-electron chi connectivity index (χ1n) is 9.87. The van der Waals surface area contributed by atoms with Crippen LogP contribution in [0.4, 0.5) is 10.1 Å². The van der Waals surface area contributed by atoms with Crippen LogP contribution in [0.15, 0.2) is 71.2 Å². The van der Waals surface area contributed by atoms with Crippen LogP contribution >= 0.6 is 0 Å². The molecule has 0 aliphatic rings. The molecule has 0 heterocycles. The van der Waals surface area contributed by atoms with E-state index in [1.807, 2.05) is 51.1 Å². The van der Waals surface area contributed by atoms with E-state index in [0.717, 1.165) is 22.4 Å². The van der Waals surface area contributed by atoms with E-state index in [1.54, 1.807) is 32.0 Å². The molecule has 0 unspecified atom stereocenters. The lowest BCUT2D eigenvalue weighted by Gasteiger charge is -2.10. The van der Waals surface area contributed by atoms with Crippen molar-refractivity contribution in [3.05, 3.63) is 77.6 Å². The predicted molar refractivity (Wildman–Crippen MR) is 120 cm³/mol. The number of hydrogen-bond acceptors (Lipinski definition) is 4. The molecule has 0 saturated carbocycles. The molecule has 30 heavy (non-hydrogen) atoms. The lowest BCUT2D eigenvalue weighted by molar-refractivity contribution is -0.149. The molecule has 0 N–H and O–H groups in total. The van der Waals surface area contributed by atoms with E-state index in [-0.39, 0.29) is 18.5 Å². The summed E-state index contributed by atoms with van der Waals surface area (Å²) < 4.78 is 24.1. The molecule has 2 aromatic rings. The molecule has 0 radical (unpaired) electrons. The fraction of sp³-hybridized carbons (Fsp3) is 0.280. The van der Waals surface area contributed by atoms with E-state index < -0.39 is 5.97 Å². The molecule has 2 rings (SSSR count). The number of nitrogens with zero attached hydrogens (tertiary/aromatic N) is 1. The second-order valence-electron chi connectivity index (χ2n) is 7.10. The molecule has 4 nitrogen and oxygen atoms in total. The summed E-state index contributed by atoms with van der Waals surface area (Å²) in [4.78, 5) is 16.3.